The molecule has 2 aliphatic carbocycles. The van der Waals surface area contributed by atoms with Crippen molar-refractivity contribution in [2.75, 3.05) is 5.75 Å². The van der Waals surface area contributed by atoms with Crippen LogP contribution < -0.4 is 5.32 Å². The third kappa shape index (κ3) is 4.08. The summed E-state index contributed by atoms with van der Waals surface area (Å²) in [6.45, 7) is 4.38. The third-order valence-electron chi connectivity index (χ3n) is 4.99. The van der Waals surface area contributed by atoms with Gasteiger partial charge in [-0.15, -0.1) is 21.5 Å². The molecule has 1 amide bonds. The number of carbonyl (C=O) groups excluding carboxylic acids is 1. The lowest BCUT2D eigenvalue weighted by molar-refractivity contribution is -0.119. The second-order valence-corrected chi connectivity index (χ2v) is 9.33. The quantitative estimate of drug-likeness (QED) is 0.773. The van der Waals surface area contributed by atoms with Crippen molar-refractivity contribution in [3.8, 4) is 10.8 Å². The van der Waals surface area contributed by atoms with E-state index < -0.39 is 0 Å². The van der Waals surface area contributed by atoms with Crippen molar-refractivity contribution in [2.24, 2.45) is 11.8 Å². The van der Waals surface area contributed by atoms with E-state index in [1.165, 1.54) is 41.5 Å². The maximum absolute atomic E-state index is 12.0. The van der Waals surface area contributed by atoms with Gasteiger partial charge in [0.25, 0.3) is 11.1 Å². The van der Waals surface area contributed by atoms with E-state index in [4.69, 9.17) is 4.42 Å². The molecule has 0 bridgehead atoms. The fraction of sp³-hybridized carbons (Fsp3) is 0.611. The van der Waals surface area contributed by atoms with Crippen molar-refractivity contribution in [3.63, 3.8) is 0 Å². The van der Waals surface area contributed by atoms with Crippen LogP contribution in [-0.4, -0.2) is 27.9 Å². The van der Waals surface area contributed by atoms with Gasteiger partial charge in [0, 0.05) is 10.9 Å². The lowest BCUT2D eigenvalue weighted by Gasteiger charge is -2.16. The van der Waals surface area contributed by atoms with Gasteiger partial charge in [-0.2, -0.15) is 0 Å². The normalized spacial score (nSPS) is 21.0. The molecule has 1 fully saturated rings. The van der Waals surface area contributed by atoms with Crippen molar-refractivity contribution in [1.82, 2.24) is 15.5 Å². The van der Waals surface area contributed by atoms with Crippen LogP contribution in [0.3, 0.4) is 0 Å². The van der Waals surface area contributed by atoms with E-state index in [1.54, 1.807) is 11.3 Å². The monoisotopic (exact) mass is 377 g/mol. The number of aryl methyl sites for hydroxylation is 1. The fourth-order valence-electron chi connectivity index (χ4n) is 3.32. The zero-order valence-corrected chi connectivity index (χ0v) is 16.2. The second-order valence-electron chi connectivity index (χ2n) is 7.26. The SMILES string of the molecule is C[C@@H]1CCc2sc(-c3nnc(SCC(=O)N[C@H](C)C4CC4)o3)cc2C1. The van der Waals surface area contributed by atoms with Gasteiger partial charge in [0.05, 0.1) is 10.6 Å². The van der Waals surface area contributed by atoms with Crippen LogP contribution in [0, 0.1) is 11.8 Å². The van der Waals surface area contributed by atoms with Gasteiger partial charge in [0.2, 0.25) is 5.91 Å². The summed E-state index contributed by atoms with van der Waals surface area (Å²) < 4.78 is 5.76. The number of aromatic nitrogens is 2. The molecular weight excluding hydrogens is 354 g/mol. The lowest BCUT2D eigenvalue weighted by atomic mass is 9.90. The first kappa shape index (κ1) is 17.1. The average molecular weight is 378 g/mol. The molecule has 134 valence electrons. The number of nitrogens with one attached hydrogen (secondary N) is 1. The molecule has 0 spiro atoms. The van der Waals surface area contributed by atoms with E-state index in [-0.39, 0.29) is 11.9 Å². The number of thioether (sulfide) groups is 1. The summed E-state index contributed by atoms with van der Waals surface area (Å²) in [6.07, 6.45) is 6.00. The van der Waals surface area contributed by atoms with Crippen molar-refractivity contribution in [3.05, 3.63) is 16.5 Å². The molecule has 0 unspecified atom stereocenters. The largest absolute Gasteiger partial charge is 0.410 e. The number of fused-ring (bicyclic) bond motifs is 1. The summed E-state index contributed by atoms with van der Waals surface area (Å²) in [5.41, 5.74) is 1.43. The Bertz CT molecular complexity index is 766. The molecule has 1 N–H and O–H groups in total. The van der Waals surface area contributed by atoms with Gasteiger partial charge in [-0.05, 0) is 62.5 Å². The van der Waals surface area contributed by atoms with Crippen LogP contribution in [0.25, 0.3) is 10.8 Å². The molecule has 25 heavy (non-hydrogen) atoms. The summed E-state index contributed by atoms with van der Waals surface area (Å²) in [5, 5.41) is 11.8. The van der Waals surface area contributed by atoms with Gasteiger partial charge in [0.15, 0.2) is 0 Å². The highest BCUT2D eigenvalue weighted by Gasteiger charge is 2.29. The van der Waals surface area contributed by atoms with Gasteiger partial charge in [-0.1, -0.05) is 18.7 Å². The maximum atomic E-state index is 12.0. The zero-order valence-electron chi connectivity index (χ0n) is 14.6. The van der Waals surface area contributed by atoms with Crippen LogP contribution in [0.5, 0.6) is 0 Å². The third-order valence-corrected chi connectivity index (χ3v) is 7.03. The zero-order chi connectivity index (χ0) is 17.4. The van der Waals surface area contributed by atoms with Crippen molar-refractivity contribution < 1.29 is 9.21 Å². The van der Waals surface area contributed by atoms with Gasteiger partial charge >= 0.3 is 0 Å². The van der Waals surface area contributed by atoms with Gasteiger partial charge < -0.3 is 9.73 Å². The minimum Gasteiger partial charge on any atom is -0.410 e. The number of amides is 1. The van der Waals surface area contributed by atoms with E-state index in [9.17, 15) is 4.79 Å². The molecule has 0 radical (unpaired) electrons. The van der Waals surface area contributed by atoms with Gasteiger partial charge in [-0.25, -0.2) is 0 Å². The Labute approximate surface area is 156 Å². The van der Waals surface area contributed by atoms with Crippen LogP contribution in [0.2, 0.25) is 0 Å². The molecule has 4 rings (SSSR count). The number of carbonyl (C=O) groups is 1. The number of thiophene rings is 1. The number of nitrogens with zero attached hydrogens (tertiary/aromatic N) is 2. The first-order chi connectivity index (χ1) is 12.1. The summed E-state index contributed by atoms with van der Waals surface area (Å²) in [7, 11) is 0. The van der Waals surface area contributed by atoms with Crippen molar-refractivity contribution in [1.29, 1.82) is 0 Å². The predicted molar refractivity (Wildman–Crippen MR) is 99.9 cm³/mol. The molecule has 0 aromatic carbocycles. The van der Waals surface area contributed by atoms with Crippen LogP contribution in [0.1, 0.15) is 43.6 Å². The Morgan fingerprint density at radius 3 is 3.08 bits per heavy atom. The Hall–Kier alpha value is -1.34. The minimum atomic E-state index is 0.0322. The van der Waals surface area contributed by atoms with Crippen LogP contribution in [-0.2, 0) is 17.6 Å². The molecule has 2 aromatic rings. The molecule has 2 atom stereocenters. The van der Waals surface area contributed by atoms with E-state index in [0.717, 1.165) is 23.6 Å². The second kappa shape index (κ2) is 7.11. The molecule has 0 aliphatic heterocycles. The molecular formula is C18H23N3O2S2. The summed E-state index contributed by atoms with van der Waals surface area (Å²) in [4.78, 5) is 14.5. The summed E-state index contributed by atoms with van der Waals surface area (Å²) in [6, 6.07) is 2.47. The first-order valence-corrected chi connectivity index (χ1v) is 10.8. The highest BCUT2D eigenvalue weighted by molar-refractivity contribution is 7.99. The van der Waals surface area contributed by atoms with Crippen LogP contribution in [0.4, 0.5) is 0 Å². The maximum Gasteiger partial charge on any atom is 0.277 e. The highest BCUT2D eigenvalue weighted by Crippen LogP contribution is 2.37. The van der Waals surface area contributed by atoms with Crippen LogP contribution >= 0.6 is 23.1 Å². The number of rotatable bonds is 6. The molecule has 7 heteroatoms. The lowest BCUT2D eigenvalue weighted by Crippen LogP contribution is -2.35. The smallest absolute Gasteiger partial charge is 0.277 e. The molecule has 1 saturated carbocycles. The van der Waals surface area contributed by atoms with E-state index in [2.05, 4.69) is 35.4 Å². The highest BCUT2D eigenvalue weighted by atomic mass is 32.2. The van der Waals surface area contributed by atoms with E-state index in [1.807, 2.05) is 0 Å². The number of hydrogen-bond donors (Lipinski definition) is 1. The summed E-state index contributed by atoms with van der Waals surface area (Å²) >= 11 is 3.07. The van der Waals surface area contributed by atoms with Gasteiger partial charge in [0.1, 0.15) is 0 Å². The molecule has 0 saturated heterocycles. The van der Waals surface area contributed by atoms with Gasteiger partial charge in [-0.3, -0.25) is 4.79 Å². The molecule has 2 aromatic heterocycles. The Morgan fingerprint density at radius 1 is 1.44 bits per heavy atom. The molecule has 2 aliphatic rings. The van der Waals surface area contributed by atoms with E-state index >= 15 is 0 Å². The van der Waals surface area contributed by atoms with Crippen LogP contribution in [0.15, 0.2) is 15.7 Å². The average Bonchev–Trinajstić information content (AvgIpc) is 3.19. The predicted octanol–water partition coefficient (Wildman–Crippen LogP) is 3.93. The van der Waals surface area contributed by atoms with Crippen molar-refractivity contribution >= 4 is 29.0 Å². The molecule has 2 heterocycles. The molecule has 5 nitrogen and oxygen atoms in total. The summed E-state index contributed by atoms with van der Waals surface area (Å²) in [5.74, 6) is 2.33. The van der Waals surface area contributed by atoms with Crippen molar-refractivity contribution in [2.45, 2.75) is 57.2 Å². The Balaban J connectivity index is 1.35. The Morgan fingerprint density at radius 2 is 2.28 bits per heavy atom. The first-order valence-electron chi connectivity index (χ1n) is 8.96. The number of hydrogen-bond acceptors (Lipinski definition) is 6. The standard InChI is InChI=1S/C18H23N3O2S2/c1-10-3-6-14-13(7-10)8-15(25-14)17-20-21-18(23-17)24-9-16(22)19-11(2)12-4-5-12/h8,10-12H,3-7,9H2,1-2H3,(H,19,22)/t10-,11-/m1/s1. The fourth-order valence-corrected chi connectivity index (χ4v) is 5.02. The van der Waals surface area contributed by atoms with E-state index in [0.29, 0.717) is 22.8 Å². The Kier molecular flexibility index (Phi) is 4.86. The topological polar surface area (TPSA) is 68.0 Å². The minimum absolute atomic E-state index is 0.0322.